The number of hydrogen-bond acceptors (Lipinski definition) is 4. The van der Waals surface area contributed by atoms with Crippen LogP contribution in [0.25, 0.3) is 0 Å². The highest BCUT2D eigenvalue weighted by molar-refractivity contribution is 7.92. The zero-order chi connectivity index (χ0) is 23.6. The molecule has 172 valence electrons. The van der Waals surface area contributed by atoms with Crippen LogP contribution < -0.4 is 14.4 Å². The van der Waals surface area contributed by atoms with Gasteiger partial charge in [0.15, 0.2) is 6.61 Å². The van der Waals surface area contributed by atoms with E-state index in [1.807, 2.05) is 12.1 Å². The van der Waals surface area contributed by atoms with Gasteiger partial charge in [-0.25, -0.2) is 8.42 Å². The number of carbonyl (C=O) groups is 1. The Morgan fingerprint density at radius 2 is 1.64 bits per heavy atom. The quantitative estimate of drug-likeness (QED) is 0.570. The number of amides is 1. The monoisotopic (exact) mass is 476 g/mol. The standard InChI is InChI=1S/C23H19F3N2O4S/c24-23(25,26)19-6-2-3-7-20(19)27-22(29)15-32-17-9-11-18(12-10-17)33(30,31)28-14-13-16-5-1-4-8-21(16)28/h1-12H,13-15H2,(H,27,29). The van der Waals surface area contributed by atoms with Crippen LogP contribution in [0.5, 0.6) is 5.75 Å². The van der Waals surface area contributed by atoms with Crippen molar-refractivity contribution in [3.63, 3.8) is 0 Å². The molecule has 3 aromatic carbocycles. The van der Waals surface area contributed by atoms with E-state index in [-0.39, 0.29) is 16.3 Å². The number of fused-ring (bicyclic) bond motifs is 1. The fraction of sp³-hybridized carbons (Fsp3) is 0.174. The Hall–Kier alpha value is -3.53. The number of para-hydroxylation sites is 2. The smallest absolute Gasteiger partial charge is 0.418 e. The number of alkyl halides is 3. The summed E-state index contributed by atoms with van der Waals surface area (Å²) in [5, 5.41) is 2.18. The third kappa shape index (κ3) is 4.80. The van der Waals surface area contributed by atoms with E-state index in [2.05, 4.69) is 5.32 Å². The lowest BCUT2D eigenvalue weighted by Gasteiger charge is -2.19. The molecule has 4 rings (SSSR count). The fourth-order valence-electron chi connectivity index (χ4n) is 3.57. The molecule has 1 aliphatic rings. The van der Waals surface area contributed by atoms with Crippen LogP contribution in [0.3, 0.4) is 0 Å². The molecule has 1 N–H and O–H groups in total. The van der Waals surface area contributed by atoms with Gasteiger partial charge in [0.1, 0.15) is 5.75 Å². The lowest BCUT2D eigenvalue weighted by molar-refractivity contribution is -0.137. The summed E-state index contributed by atoms with van der Waals surface area (Å²) >= 11 is 0. The van der Waals surface area contributed by atoms with Crippen LogP contribution in [0.1, 0.15) is 11.1 Å². The van der Waals surface area contributed by atoms with E-state index in [0.29, 0.717) is 18.7 Å². The predicted octanol–water partition coefficient (Wildman–Crippen LogP) is 4.47. The molecule has 3 aromatic rings. The second-order valence-electron chi connectivity index (χ2n) is 7.31. The molecule has 0 aromatic heterocycles. The van der Waals surface area contributed by atoms with E-state index in [4.69, 9.17) is 4.74 Å². The van der Waals surface area contributed by atoms with Gasteiger partial charge in [0, 0.05) is 6.54 Å². The molecule has 0 unspecified atom stereocenters. The third-order valence-electron chi connectivity index (χ3n) is 5.13. The van der Waals surface area contributed by atoms with Crippen molar-refractivity contribution in [2.75, 3.05) is 22.8 Å². The molecule has 0 bridgehead atoms. The maximum atomic E-state index is 13.0. The van der Waals surface area contributed by atoms with Gasteiger partial charge in [-0.05, 0) is 54.4 Å². The van der Waals surface area contributed by atoms with E-state index in [1.54, 1.807) is 12.1 Å². The van der Waals surface area contributed by atoms with Crippen LogP contribution in [0.2, 0.25) is 0 Å². The SMILES string of the molecule is O=C(COc1ccc(S(=O)(=O)N2CCc3ccccc32)cc1)Nc1ccccc1C(F)(F)F. The van der Waals surface area contributed by atoms with Gasteiger partial charge in [-0.3, -0.25) is 9.10 Å². The van der Waals surface area contributed by atoms with E-state index < -0.39 is 34.3 Å². The molecule has 1 amide bonds. The summed E-state index contributed by atoms with van der Waals surface area (Å²) in [4.78, 5) is 12.1. The Bertz CT molecular complexity index is 1280. The topological polar surface area (TPSA) is 75.7 Å². The van der Waals surface area contributed by atoms with Crippen LogP contribution in [-0.2, 0) is 27.4 Å². The van der Waals surface area contributed by atoms with Gasteiger partial charge in [-0.1, -0.05) is 30.3 Å². The lowest BCUT2D eigenvalue weighted by atomic mass is 10.1. The number of sulfonamides is 1. The molecular formula is C23H19F3N2O4S. The van der Waals surface area contributed by atoms with Crippen molar-refractivity contribution in [1.29, 1.82) is 0 Å². The number of nitrogens with one attached hydrogen (secondary N) is 1. The van der Waals surface area contributed by atoms with Crippen LogP contribution in [0, 0.1) is 0 Å². The first-order chi connectivity index (χ1) is 15.7. The van der Waals surface area contributed by atoms with Gasteiger partial charge in [-0.2, -0.15) is 13.2 Å². The Kier molecular flexibility index (Phi) is 6.03. The van der Waals surface area contributed by atoms with E-state index in [0.717, 1.165) is 17.7 Å². The third-order valence-corrected chi connectivity index (χ3v) is 6.96. The Morgan fingerprint density at radius 3 is 2.36 bits per heavy atom. The predicted molar refractivity (Wildman–Crippen MR) is 117 cm³/mol. The zero-order valence-electron chi connectivity index (χ0n) is 17.2. The number of ether oxygens (including phenoxy) is 1. The summed E-state index contributed by atoms with van der Waals surface area (Å²) in [7, 11) is -3.77. The van der Waals surface area contributed by atoms with Crippen molar-refractivity contribution in [2.45, 2.75) is 17.5 Å². The minimum Gasteiger partial charge on any atom is -0.484 e. The highest BCUT2D eigenvalue weighted by atomic mass is 32.2. The minimum atomic E-state index is -4.61. The number of rotatable bonds is 6. The molecule has 33 heavy (non-hydrogen) atoms. The molecule has 0 radical (unpaired) electrons. The van der Waals surface area contributed by atoms with E-state index >= 15 is 0 Å². The molecule has 0 saturated heterocycles. The van der Waals surface area contributed by atoms with Crippen LogP contribution in [0.4, 0.5) is 24.5 Å². The Morgan fingerprint density at radius 1 is 0.970 bits per heavy atom. The van der Waals surface area contributed by atoms with Gasteiger partial charge >= 0.3 is 6.18 Å². The number of benzene rings is 3. The number of carbonyl (C=O) groups excluding carboxylic acids is 1. The molecule has 0 aliphatic carbocycles. The average molecular weight is 476 g/mol. The Balaban J connectivity index is 1.40. The maximum Gasteiger partial charge on any atom is 0.418 e. The highest BCUT2D eigenvalue weighted by Crippen LogP contribution is 2.35. The summed E-state index contributed by atoms with van der Waals surface area (Å²) in [5.74, 6) is -0.577. The summed E-state index contributed by atoms with van der Waals surface area (Å²) in [6.45, 7) is -0.197. The molecule has 0 saturated carbocycles. The second kappa shape index (κ2) is 8.78. The fourth-order valence-corrected chi connectivity index (χ4v) is 5.07. The minimum absolute atomic E-state index is 0.0649. The number of nitrogens with zero attached hydrogens (tertiary/aromatic N) is 1. The van der Waals surface area contributed by atoms with Gasteiger partial charge in [0.2, 0.25) is 0 Å². The van der Waals surface area contributed by atoms with Crippen LogP contribution >= 0.6 is 0 Å². The lowest BCUT2D eigenvalue weighted by Crippen LogP contribution is -2.29. The zero-order valence-corrected chi connectivity index (χ0v) is 18.0. The summed E-state index contributed by atoms with van der Waals surface area (Å²) in [5.41, 5.74) is 0.273. The van der Waals surface area contributed by atoms with Crippen molar-refractivity contribution in [3.05, 3.63) is 83.9 Å². The van der Waals surface area contributed by atoms with Gasteiger partial charge in [0.25, 0.3) is 15.9 Å². The second-order valence-corrected chi connectivity index (χ2v) is 9.17. The first kappa shape index (κ1) is 22.7. The van der Waals surface area contributed by atoms with Crippen molar-refractivity contribution < 1.29 is 31.1 Å². The summed E-state index contributed by atoms with van der Waals surface area (Å²) in [6.07, 6.45) is -3.98. The number of anilines is 2. The first-order valence-electron chi connectivity index (χ1n) is 9.96. The molecule has 10 heteroatoms. The van der Waals surface area contributed by atoms with Crippen molar-refractivity contribution >= 4 is 27.3 Å². The van der Waals surface area contributed by atoms with Gasteiger partial charge in [0.05, 0.1) is 21.8 Å². The van der Waals surface area contributed by atoms with Crippen molar-refractivity contribution in [1.82, 2.24) is 0 Å². The normalized spacial score (nSPS) is 13.5. The molecule has 1 aliphatic heterocycles. The molecule has 6 nitrogen and oxygen atoms in total. The maximum absolute atomic E-state index is 13.0. The number of hydrogen-bond donors (Lipinski definition) is 1. The van der Waals surface area contributed by atoms with E-state index in [1.165, 1.54) is 40.7 Å². The average Bonchev–Trinajstić information content (AvgIpc) is 3.23. The van der Waals surface area contributed by atoms with Crippen molar-refractivity contribution in [3.8, 4) is 5.75 Å². The molecule has 0 spiro atoms. The Labute approximate surface area is 188 Å². The van der Waals surface area contributed by atoms with Gasteiger partial charge < -0.3 is 10.1 Å². The summed E-state index contributed by atoms with van der Waals surface area (Å²) in [6, 6.07) is 17.4. The van der Waals surface area contributed by atoms with Crippen LogP contribution in [0.15, 0.2) is 77.7 Å². The molecule has 0 atom stereocenters. The van der Waals surface area contributed by atoms with Crippen LogP contribution in [-0.4, -0.2) is 27.5 Å². The van der Waals surface area contributed by atoms with E-state index in [9.17, 15) is 26.4 Å². The van der Waals surface area contributed by atoms with Gasteiger partial charge in [-0.15, -0.1) is 0 Å². The summed E-state index contributed by atoms with van der Waals surface area (Å²) < 4.78 is 71.8. The highest BCUT2D eigenvalue weighted by Gasteiger charge is 2.33. The molecular weight excluding hydrogens is 457 g/mol. The molecule has 0 fully saturated rings. The number of halogens is 3. The largest absolute Gasteiger partial charge is 0.484 e. The molecule has 1 heterocycles. The van der Waals surface area contributed by atoms with Crippen molar-refractivity contribution in [2.24, 2.45) is 0 Å². The first-order valence-corrected chi connectivity index (χ1v) is 11.4.